The first-order valence-corrected chi connectivity index (χ1v) is 7.12. The minimum Gasteiger partial charge on any atom is -0.374 e. The first-order chi connectivity index (χ1) is 9.17. The zero-order valence-electron chi connectivity index (χ0n) is 12.1. The van der Waals surface area contributed by atoms with E-state index < -0.39 is 12.1 Å². The highest BCUT2D eigenvalue weighted by Crippen LogP contribution is 2.14. The Balaban J connectivity index is 2.51. The van der Waals surface area contributed by atoms with Gasteiger partial charge in [-0.25, -0.2) is 4.79 Å². The average Bonchev–Trinajstić information content (AvgIpc) is 2.29. The molecule has 0 heterocycles. The maximum atomic E-state index is 11.9. The van der Waals surface area contributed by atoms with Crippen molar-refractivity contribution in [1.29, 1.82) is 0 Å². The molecule has 20 heavy (non-hydrogen) atoms. The van der Waals surface area contributed by atoms with Crippen LogP contribution in [0.2, 0.25) is 0 Å². The van der Waals surface area contributed by atoms with Crippen LogP contribution in [0.15, 0.2) is 28.7 Å². The Morgan fingerprint density at radius 3 is 2.20 bits per heavy atom. The van der Waals surface area contributed by atoms with Gasteiger partial charge in [-0.05, 0) is 52.0 Å². The predicted molar refractivity (Wildman–Crippen MR) is 83.7 cm³/mol. The molecule has 0 saturated heterocycles. The molecule has 110 valence electrons. The third-order valence-corrected chi connectivity index (χ3v) is 2.87. The maximum absolute atomic E-state index is 11.9. The molecule has 1 unspecified atom stereocenters. The second-order valence-electron chi connectivity index (χ2n) is 5.57. The number of carbonyl (C=O) groups is 2. The highest BCUT2D eigenvalue weighted by molar-refractivity contribution is 9.10. The van der Waals surface area contributed by atoms with Gasteiger partial charge in [0.1, 0.15) is 6.04 Å². The van der Waals surface area contributed by atoms with Crippen LogP contribution in [0.25, 0.3) is 0 Å². The van der Waals surface area contributed by atoms with Crippen LogP contribution < -0.4 is 16.0 Å². The Morgan fingerprint density at radius 2 is 1.70 bits per heavy atom. The molecule has 6 heteroatoms. The van der Waals surface area contributed by atoms with Crippen LogP contribution in [0.1, 0.15) is 27.7 Å². The highest BCUT2D eigenvalue weighted by Gasteiger charge is 2.19. The largest absolute Gasteiger partial charge is 0.374 e. The van der Waals surface area contributed by atoms with Gasteiger partial charge in [-0.3, -0.25) is 10.1 Å². The molecule has 3 N–H and O–H groups in total. The van der Waals surface area contributed by atoms with Crippen LogP contribution in [0, 0.1) is 0 Å². The van der Waals surface area contributed by atoms with E-state index in [-0.39, 0.29) is 11.4 Å². The fourth-order valence-electron chi connectivity index (χ4n) is 1.45. The van der Waals surface area contributed by atoms with Crippen molar-refractivity contribution in [1.82, 2.24) is 10.6 Å². The van der Waals surface area contributed by atoms with Gasteiger partial charge in [0, 0.05) is 15.7 Å². The number of amides is 3. The molecule has 1 aromatic rings. The van der Waals surface area contributed by atoms with Crippen LogP contribution in [0.5, 0.6) is 0 Å². The summed E-state index contributed by atoms with van der Waals surface area (Å²) in [6, 6.07) is 6.44. The minimum atomic E-state index is -0.512. The normalized spacial score (nSPS) is 12.4. The number of imide groups is 1. The molecule has 0 fully saturated rings. The summed E-state index contributed by atoms with van der Waals surface area (Å²) in [5.74, 6) is -0.380. The Kier molecular flexibility index (Phi) is 5.56. The number of nitrogens with one attached hydrogen (secondary N) is 3. The molecule has 0 saturated carbocycles. The smallest absolute Gasteiger partial charge is 0.321 e. The van der Waals surface area contributed by atoms with Crippen LogP contribution in [-0.2, 0) is 4.79 Å². The molecule has 5 nitrogen and oxygen atoms in total. The zero-order valence-corrected chi connectivity index (χ0v) is 13.7. The molecule has 0 aliphatic carbocycles. The van der Waals surface area contributed by atoms with Gasteiger partial charge >= 0.3 is 6.03 Å². The van der Waals surface area contributed by atoms with Crippen molar-refractivity contribution in [2.45, 2.75) is 39.3 Å². The van der Waals surface area contributed by atoms with Gasteiger partial charge in [-0.2, -0.15) is 0 Å². The van der Waals surface area contributed by atoms with E-state index in [9.17, 15) is 9.59 Å². The first kappa shape index (κ1) is 16.5. The van der Waals surface area contributed by atoms with E-state index in [0.717, 1.165) is 10.2 Å². The van der Waals surface area contributed by atoms with Gasteiger partial charge in [0.15, 0.2) is 0 Å². The number of rotatable bonds is 3. The molecule has 3 amide bonds. The van der Waals surface area contributed by atoms with Crippen molar-refractivity contribution in [3.05, 3.63) is 28.7 Å². The predicted octanol–water partition coefficient (Wildman–Crippen LogP) is 2.87. The van der Waals surface area contributed by atoms with Crippen molar-refractivity contribution in [3.63, 3.8) is 0 Å². The molecule has 0 bridgehead atoms. The van der Waals surface area contributed by atoms with Crippen LogP contribution >= 0.6 is 15.9 Å². The Labute approximate surface area is 127 Å². The third kappa shape index (κ3) is 6.06. The van der Waals surface area contributed by atoms with Gasteiger partial charge in [0.2, 0.25) is 5.91 Å². The Morgan fingerprint density at radius 1 is 1.15 bits per heavy atom. The fraction of sp³-hybridized carbons (Fsp3) is 0.429. The lowest BCUT2D eigenvalue weighted by atomic mass is 10.1. The van der Waals surface area contributed by atoms with E-state index in [2.05, 4.69) is 31.9 Å². The molecule has 0 aliphatic rings. The summed E-state index contributed by atoms with van der Waals surface area (Å²) in [5.41, 5.74) is 0.430. The van der Waals surface area contributed by atoms with E-state index in [1.165, 1.54) is 0 Å². The van der Waals surface area contributed by atoms with Gasteiger partial charge in [0.25, 0.3) is 0 Å². The lowest BCUT2D eigenvalue weighted by Gasteiger charge is -2.21. The molecular formula is C14H20BrN3O2. The standard InChI is InChI=1S/C14H20BrN3O2/c1-9(16-11-7-5-10(15)6-8-11)12(19)17-13(20)18-14(2,3)4/h5-9,16H,1-4H3,(H2,17,18,19,20). The lowest BCUT2D eigenvalue weighted by Crippen LogP contribution is -2.51. The highest BCUT2D eigenvalue weighted by atomic mass is 79.9. The molecular weight excluding hydrogens is 322 g/mol. The Bertz CT molecular complexity index is 480. The summed E-state index contributed by atoms with van der Waals surface area (Å²) in [4.78, 5) is 23.5. The van der Waals surface area contributed by atoms with E-state index in [4.69, 9.17) is 0 Å². The number of anilines is 1. The maximum Gasteiger partial charge on any atom is 0.321 e. The molecule has 0 aromatic heterocycles. The SMILES string of the molecule is CC(Nc1ccc(Br)cc1)C(=O)NC(=O)NC(C)(C)C. The number of carbonyl (C=O) groups excluding carboxylic acids is 2. The van der Waals surface area contributed by atoms with Gasteiger partial charge in [0.05, 0.1) is 0 Å². The molecule has 0 spiro atoms. The summed E-state index contributed by atoms with van der Waals surface area (Å²) in [6.07, 6.45) is 0. The fourth-order valence-corrected chi connectivity index (χ4v) is 1.72. The monoisotopic (exact) mass is 341 g/mol. The molecule has 0 aliphatic heterocycles. The molecule has 1 atom stereocenters. The third-order valence-electron chi connectivity index (χ3n) is 2.35. The summed E-state index contributed by atoms with van der Waals surface area (Å²) in [6.45, 7) is 7.24. The van der Waals surface area contributed by atoms with Crippen LogP contribution in [0.3, 0.4) is 0 Å². The summed E-state index contributed by atoms with van der Waals surface area (Å²) >= 11 is 3.34. The summed E-state index contributed by atoms with van der Waals surface area (Å²) in [5, 5.41) is 8.00. The average molecular weight is 342 g/mol. The van der Waals surface area contributed by atoms with Crippen LogP contribution in [0.4, 0.5) is 10.5 Å². The molecule has 1 rings (SSSR count). The van der Waals surface area contributed by atoms with Crippen LogP contribution in [-0.4, -0.2) is 23.5 Å². The minimum absolute atomic E-state index is 0.380. The van der Waals surface area contributed by atoms with Crippen molar-refractivity contribution < 1.29 is 9.59 Å². The van der Waals surface area contributed by atoms with Crippen molar-refractivity contribution >= 4 is 33.6 Å². The number of hydrogen-bond donors (Lipinski definition) is 3. The first-order valence-electron chi connectivity index (χ1n) is 6.32. The van der Waals surface area contributed by atoms with Gasteiger partial charge in [-0.1, -0.05) is 15.9 Å². The van der Waals surface area contributed by atoms with E-state index in [0.29, 0.717) is 0 Å². The lowest BCUT2D eigenvalue weighted by molar-refractivity contribution is -0.120. The number of benzene rings is 1. The quantitative estimate of drug-likeness (QED) is 0.791. The van der Waals surface area contributed by atoms with Gasteiger partial charge in [-0.15, -0.1) is 0 Å². The molecule has 0 radical (unpaired) electrons. The van der Waals surface area contributed by atoms with E-state index >= 15 is 0 Å². The zero-order chi connectivity index (χ0) is 15.3. The topological polar surface area (TPSA) is 70.2 Å². The number of halogens is 1. The van der Waals surface area contributed by atoms with Crippen molar-refractivity contribution in [3.8, 4) is 0 Å². The van der Waals surface area contributed by atoms with E-state index in [1.54, 1.807) is 6.92 Å². The second-order valence-corrected chi connectivity index (χ2v) is 6.48. The number of hydrogen-bond acceptors (Lipinski definition) is 3. The summed E-state index contributed by atoms with van der Waals surface area (Å²) in [7, 11) is 0. The number of urea groups is 1. The molecule has 1 aromatic carbocycles. The van der Waals surface area contributed by atoms with Crippen molar-refractivity contribution in [2.75, 3.05) is 5.32 Å². The van der Waals surface area contributed by atoms with Crippen molar-refractivity contribution in [2.24, 2.45) is 0 Å². The van der Waals surface area contributed by atoms with Gasteiger partial charge < -0.3 is 10.6 Å². The summed E-state index contributed by atoms with van der Waals surface area (Å²) < 4.78 is 0.963. The van der Waals surface area contributed by atoms with E-state index in [1.807, 2.05) is 45.0 Å². The second kappa shape index (κ2) is 6.74. The Hall–Kier alpha value is -1.56.